The Morgan fingerprint density at radius 3 is 2.92 bits per heavy atom. The highest BCUT2D eigenvalue weighted by Gasteiger charge is 2.25. The Labute approximate surface area is 149 Å². The van der Waals surface area contributed by atoms with Crippen LogP contribution in [0.25, 0.3) is 10.9 Å². The highest BCUT2D eigenvalue weighted by Crippen LogP contribution is 2.33. The minimum Gasteiger partial charge on any atom is -0.497 e. The van der Waals surface area contributed by atoms with Gasteiger partial charge in [0.25, 0.3) is 0 Å². The molecule has 0 saturated carbocycles. The summed E-state index contributed by atoms with van der Waals surface area (Å²) in [5, 5.41) is 1.32. The number of rotatable bonds is 4. The van der Waals surface area contributed by atoms with Crippen LogP contribution in [0.3, 0.4) is 0 Å². The number of aryl methyl sites for hydroxylation is 1. The van der Waals surface area contributed by atoms with Crippen LogP contribution in [0, 0.1) is 6.92 Å². The number of fused-ring (bicyclic) bond motifs is 1. The number of hydrogen-bond donors (Lipinski definition) is 1. The normalized spacial score (nSPS) is 18.6. The molecule has 25 heavy (non-hydrogen) atoms. The van der Waals surface area contributed by atoms with Crippen LogP contribution in [0.15, 0.2) is 48.5 Å². The van der Waals surface area contributed by atoms with E-state index in [4.69, 9.17) is 4.74 Å². The van der Waals surface area contributed by atoms with Crippen molar-refractivity contribution in [3.05, 3.63) is 65.4 Å². The van der Waals surface area contributed by atoms with Crippen LogP contribution in [0.4, 0.5) is 0 Å². The largest absolute Gasteiger partial charge is 0.497 e. The molecule has 3 nitrogen and oxygen atoms in total. The van der Waals surface area contributed by atoms with Crippen molar-refractivity contribution in [2.24, 2.45) is 0 Å². The van der Waals surface area contributed by atoms with Crippen molar-refractivity contribution in [2.45, 2.75) is 38.8 Å². The van der Waals surface area contributed by atoms with E-state index in [9.17, 15) is 0 Å². The lowest BCUT2D eigenvalue weighted by Gasteiger charge is -2.35. The molecule has 4 rings (SSSR count). The monoisotopic (exact) mass is 334 g/mol. The van der Waals surface area contributed by atoms with Gasteiger partial charge < -0.3 is 9.72 Å². The molecule has 1 fully saturated rings. The summed E-state index contributed by atoms with van der Waals surface area (Å²) in [5.74, 6) is 0.937. The number of methoxy groups -OCH3 is 1. The van der Waals surface area contributed by atoms with Gasteiger partial charge in [0, 0.05) is 17.8 Å². The quantitative estimate of drug-likeness (QED) is 0.709. The summed E-state index contributed by atoms with van der Waals surface area (Å²) in [4.78, 5) is 6.27. The minimum atomic E-state index is 0.465. The summed E-state index contributed by atoms with van der Waals surface area (Å²) in [5.41, 5.74) is 5.23. The lowest BCUT2D eigenvalue weighted by atomic mass is 9.98. The van der Waals surface area contributed by atoms with Crippen LogP contribution in [0.2, 0.25) is 0 Å². The van der Waals surface area contributed by atoms with Crippen molar-refractivity contribution in [1.82, 2.24) is 9.88 Å². The van der Waals surface area contributed by atoms with Crippen LogP contribution in [-0.4, -0.2) is 23.5 Å². The molecule has 1 unspecified atom stereocenters. The van der Waals surface area contributed by atoms with E-state index in [0.717, 1.165) is 18.8 Å². The first-order valence-corrected chi connectivity index (χ1v) is 9.19. The van der Waals surface area contributed by atoms with E-state index in [0.29, 0.717) is 6.04 Å². The molecule has 1 aliphatic heterocycles. The van der Waals surface area contributed by atoms with Crippen molar-refractivity contribution >= 4 is 10.9 Å². The average Bonchev–Trinajstić information content (AvgIpc) is 3.05. The fourth-order valence-corrected chi connectivity index (χ4v) is 3.99. The van der Waals surface area contributed by atoms with Crippen LogP contribution in [0.5, 0.6) is 5.75 Å². The SMILES string of the molecule is COc1cccc(CN2CCCCC2c2cc3cc(C)ccc3[nH]2)c1. The van der Waals surface area contributed by atoms with E-state index in [1.807, 2.05) is 6.07 Å². The Morgan fingerprint density at radius 1 is 1.12 bits per heavy atom. The average molecular weight is 334 g/mol. The van der Waals surface area contributed by atoms with Gasteiger partial charge in [-0.1, -0.05) is 30.2 Å². The van der Waals surface area contributed by atoms with Crippen molar-refractivity contribution in [3.8, 4) is 5.75 Å². The highest BCUT2D eigenvalue weighted by molar-refractivity contribution is 5.81. The van der Waals surface area contributed by atoms with Crippen LogP contribution < -0.4 is 4.74 Å². The molecule has 2 heterocycles. The molecular weight excluding hydrogens is 308 g/mol. The van der Waals surface area contributed by atoms with Gasteiger partial charge in [0.1, 0.15) is 5.75 Å². The number of hydrogen-bond acceptors (Lipinski definition) is 2. The number of piperidine rings is 1. The molecule has 2 aromatic carbocycles. The zero-order valence-electron chi connectivity index (χ0n) is 15.1. The molecule has 1 aliphatic rings. The molecule has 0 radical (unpaired) electrons. The van der Waals surface area contributed by atoms with E-state index < -0.39 is 0 Å². The third-order valence-electron chi connectivity index (χ3n) is 5.29. The van der Waals surface area contributed by atoms with Gasteiger partial charge in [-0.3, -0.25) is 4.90 Å². The van der Waals surface area contributed by atoms with Crippen molar-refractivity contribution in [1.29, 1.82) is 0 Å². The zero-order chi connectivity index (χ0) is 17.2. The molecule has 0 aliphatic carbocycles. The Balaban J connectivity index is 1.61. The molecule has 1 N–H and O–H groups in total. The van der Waals surface area contributed by atoms with Crippen molar-refractivity contribution < 1.29 is 4.74 Å². The Hall–Kier alpha value is -2.26. The van der Waals surface area contributed by atoms with E-state index in [1.165, 1.54) is 47.0 Å². The summed E-state index contributed by atoms with van der Waals surface area (Å²) in [6, 6.07) is 17.9. The van der Waals surface area contributed by atoms with E-state index in [-0.39, 0.29) is 0 Å². The predicted octanol–water partition coefficient (Wildman–Crippen LogP) is 5.21. The van der Waals surface area contributed by atoms with Crippen molar-refractivity contribution in [3.63, 3.8) is 0 Å². The summed E-state index contributed by atoms with van der Waals surface area (Å²) < 4.78 is 5.38. The molecule has 3 heteroatoms. The van der Waals surface area contributed by atoms with Crippen LogP contribution in [0.1, 0.15) is 42.1 Å². The first-order valence-electron chi connectivity index (χ1n) is 9.19. The molecule has 1 atom stereocenters. The van der Waals surface area contributed by atoms with Crippen molar-refractivity contribution in [2.75, 3.05) is 13.7 Å². The fourth-order valence-electron chi connectivity index (χ4n) is 3.99. The number of nitrogens with zero attached hydrogens (tertiary/aromatic N) is 1. The van der Waals surface area contributed by atoms with Gasteiger partial charge >= 0.3 is 0 Å². The van der Waals surface area contributed by atoms with Gasteiger partial charge in [0.15, 0.2) is 0 Å². The van der Waals surface area contributed by atoms with Gasteiger partial charge in [0.05, 0.1) is 13.2 Å². The number of H-pyrrole nitrogens is 1. The third kappa shape index (κ3) is 3.42. The Morgan fingerprint density at radius 2 is 2.04 bits per heavy atom. The lowest BCUT2D eigenvalue weighted by Crippen LogP contribution is -2.33. The second-order valence-electron chi connectivity index (χ2n) is 7.15. The van der Waals surface area contributed by atoms with E-state index in [2.05, 4.69) is 59.3 Å². The molecule has 0 bridgehead atoms. The smallest absolute Gasteiger partial charge is 0.119 e. The standard InChI is InChI=1S/C22H26N2O/c1-16-9-10-20-18(12-16)14-21(23-20)22-8-3-4-11-24(22)15-17-6-5-7-19(13-17)25-2/h5-7,9-10,12-14,22-23H,3-4,8,11,15H2,1-2H3. The second-order valence-corrected chi connectivity index (χ2v) is 7.15. The first-order chi connectivity index (χ1) is 12.2. The maximum absolute atomic E-state index is 5.38. The van der Waals surface area contributed by atoms with Crippen LogP contribution in [-0.2, 0) is 6.54 Å². The predicted molar refractivity (Wildman–Crippen MR) is 103 cm³/mol. The zero-order valence-corrected chi connectivity index (χ0v) is 15.1. The summed E-state index contributed by atoms with van der Waals surface area (Å²) in [6.45, 7) is 4.27. The van der Waals surface area contributed by atoms with E-state index in [1.54, 1.807) is 7.11 Å². The second kappa shape index (κ2) is 6.93. The van der Waals surface area contributed by atoms with Gasteiger partial charge in [-0.25, -0.2) is 0 Å². The summed E-state index contributed by atoms with van der Waals surface area (Å²) in [6.07, 6.45) is 3.79. The first kappa shape index (κ1) is 16.2. The number of benzene rings is 2. The molecular formula is C22H26N2O. The summed E-state index contributed by atoms with van der Waals surface area (Å²) in [7, 11) is 1.73. The molecule has 1 aromatic heterocycles. The van der Waals surface area contributed by atoms with Gasteiger partial charge in [0.2, 0.25) is 0 Å². The summed E-state index contributed by atoms with van der Waals surface area (Å²) >= 11 is 0. The Bertz CT molecular complexity index is 867. The number of aromatic amines is 1. The number of likely N-dealkylation sites (tertiary alicyclic amines) is 1. The van der Waals surface area contributed by atoms with Crippen LogP contribution >= 0.6 is 0 Å². The minimum absolute atomic E-state index is 0.465. The van der Waals surface area contributed by atoms with E-state index >= 15 is 0 Å². The van der Waals surface area contributed by atoms with Gasteiger partial charge in [-0.15, -0.1) is 0 Å². The molecule has 0 amide bonds. The molecule has 130 valence electrons. The number of ether oxygens (including phenoxy) is 1. The topological polar surface area (TPSA) is 28.3 Å². The number of aromatic nitrogens is 1. The number of nitrogens with one attached hydrogen (secondary N) is 1. The third-order valence-corrected chi connectivity index (χ3v) is 5.29. The molecule has 1 saturated heterocycles. The lowest BCUT2D eigenvalue weighted by molar-refractivity contribution is 0.138. The maximum atomic E-state index is 5.38. The fraction of sp³-hybridized carbons (Fsp3) is 0.364. The molecule has 0 spiro atoms. The van der Waals surface area contributed by atoms with Gasteiger partial charge in [-0.2, -0.15) is 0 Å². The molecule has 3 aromatic rings. The maximum Gasteiger partial charge on any atom is 0.119 e. The van der Waals surface area contributed by atoms with Gasteiger partial charge in [-0.05, 0) is 67.6 Å². The highest BCUT2D eigenvalue weighted by atomic mass is 16.5. The Kier molecular flexibility index (Phi) is 4.50.